The minimum Gasteiger partial charge on any atom is -0.349 e. The van der Waals surface area contributed by atoms with Crippen molar-refractivity contribution in [1.82, 2.24) is 15.2 Å². The van der Waals surface area contributed by atoms with Gasteiger partial charge in [0.2, 0.25) is 0 Å². The molecule has 1 aliphatic heterocycles. The number of rotatable bonds is 4. The third-order valence-corrected chi connectivity index (χ3v) is 6.70. The van der Waals surface area contributed by atoms with Crippen LogP contribution in [0.2, 0.25) is 0 Å². The molecule has 5 heteroatoms. The zero-order valence-electron chi connectivity index (χ0n) is 17.6. The molecular formula is C24H31N3O2. The smallest absolute Gasteiger partial charge is 0.268 e. The molecule has 1 spiro atoms. The van der Waals surface area contributed by atoms with Crippen LogP contribution in [0.3, 0.4) is 0 Å². The van der Waals surface area contributed by atoms with Gasteiger partial charge in [-0.3, -0.25) is 14.2 Å². The lowest BCUT2D eigenvalue weighted by Crippen LogP contribution is -2.54. The van der Waals surface area contributed by atoms with E-state index >= 15 is 0 Å². The molecule has 1 aromatic carbocycles. The van der Waals surface area contributed by atoms with Crippen LogP contribution in [0.15, 0.2) is 41.3 Å². The quantitative estimate of drug-likeness (QED) is 0.835. The van der Waals surface area contributed by atoms with E-state index in [1.807, 2.05) is 31.2 Å². The van der Waals surface area contributed by atoms with Crippen molar-refractivity contribution >= 4 is 5.91 Å². The summed E-state index contributed by atoms with van der Waals surface area (Å²) in [6.07, 6.45) is 6.18. The molecule has 1 aromatic heterocycles. The van der Waals surface area contributed by atoms with Gasteiger partial charge in [-0.1, -0.05) is 26.0 Å². The second kappa shape index (κ2) is 7.79. The normalized spacial score (nSPS) is 18.6. The number of carbonyl (C=O) groups excluding carboxylic acids is 1. The Kier molecular flexibility index (Phi) is 5.34. The zero-order valence-corrected chi connectivity index (χ0v) is 17.6. The van der Waals surface area contributed by atoms with Crippen molar-refractivity contribution in [2.75, 3.05) is 13.1 Å². The average Bonchev–Trinajstić information content (AvgIpc) is 2.68. The van der Waals surface area contributed by atoms with Crippen LogP contribution in [0.4, 0.5) is 0 Å². The first-order valence-corrected chi connectivity index (χ1v) is 10.7. The molecule has 2 N–H and O–H groups in total. The minimum atomic E-state index is -0.251. The topological polar surface area (TPSA) is 63.1 Å². The highest BCUT2D eigenvalue weighted by Crippen LogP contribution is 2.47. The van der Waals surface area contributed by atoms with Crippen LogP contribution >= 0.6 is 0 Å². The van der Waals surface area contributed by atoms with E-state index in [2.05, 4.69) is 30.5 Å². The third kappa shape index (κ3) is 3.88. The highest BCUT2D eigenvalue weighted by atomic mass is 16.2. The van der Waals surface area contributed by atoms with E-state index in [1.54, 1.807) is 10.8 Å². The number of aromatic nitrogens is 1. The molecule has 2 heterocycles. The number of hydrogen-bond acceptors (Lipinski definition) is 3. The van der Waals surface area contributed by atoms with Crippen LogP contribution in [0.1, 0.15) is 66.9 Å². The summed E-state index contributed by atoms with van der Waals surface area (Å²) in [7, 11) is 0. The van der Waals surface area contributed by atoms with Crippen molar-refractivity contribution in [2.45, 2.75) is 58.4 Å². The van der Waals surface area contributed by atoms with E-state index in [0.717, 1.165) is 37.2 Å². The molecular weight excluding hydrogens is 362 g/mol. The van der Waals surface area contributed by atoms with Crippen molar-refractivity contribution in [3.63, 3.8) is 0 Å². The summed E-state index contributed by atoms with van der Waals surface area (Å²) in [5, 5.41) is 6.53. The van der Waals surface area contributed by atoms with Gasteiger partial charge in [0.1, 0.15) is 5.56 Å². The number of piperidine rings is 1. The molecule has 154 valence electrons. The number of nitrogens with one attached hydrogen (secondary N) is 2. The molecule has 29 heavy (non-hydrogen) atoms. The maximum absolute atomic E-state index is 13.2. The summed E-state index contributed by atoms with van der Waals surface area (Å²) in [4.78, 5) is 26.2. The van der Waals surface area contributed by atoms with Gasteiger partial charge in [-0.2, -0.15) is 0 Å². The summed E-state index contributed by atoms with van der Waals surface area (Å²) in [5.74, 6) is 0.135. The molecule has 2 aliphatic rings. The molecule has 1 saturated heterocycles. The molecule has 0 radical (unpaired) electrons. The predicted octanol–water partition coefficient (Wildman–Crippen LogP) is 3.53. The van der Waals surface area contributed by atoms with E-state index in [-0.39, 0.29) is 23.1 Å². The Labute approximate surface area is 172 Å². The van der Waals surface area contributed by atoms with Gasteiger partial charge in [0.05, 0.1) is 0 Å². The standard InChI is InChI=1S/C24H31N3O2/c1-16(2)18-5-4-6-20(13-18)27-12-7-17(3)21(23(27)29)22(28)26-19-14-24(15-19)8-10-25-11-9-24/h4-7,12-13,16,19,25H,8-11,14-15H2,1-3H3,(H,26,28). The van der Waals surface area contributed by atoms with E-state index in [9.17, 15) is 9.59 Å². The minimum absolute atomic E-state index is 0.178. The maximum Gasteiger partial charge on any atom is 0.268 e. The van der Waals surface area contributed by atoms with Crippen molar-refractivity contribution in [3.8, 4) is 5.69 Å². The summed E-state index contributed by atoms with van der Waals surface area (Å²) < 4.78 is 1.59. The van der Waals surface area contributed by atoms with Gasteiger partial charge in [-0.25, -0.2) is 0 Å². The maximum atomic E-state index is 13.2. The van der Waals surface area contributed by atoms with E-state index in [1.165, 1.54) is 18.4 Å². The Morgan fingerprint density at radius 2 is 1.93 bits per heavy atom. The van der Waals surface area contributed by atoms with Crippen molar-refractivity contribution in [3.05, 3.63) is 63.6 Å². The number of aryl methyl sites for hydroxylation is 1. The van der Waals surface area contributed by atoms with Gasteiger partial charge in [0.25, 0.3) is 11.5 Å². The van der Waals surface area contributed by atoms with Gasteiger partial charge >= 0.3 is 0 Å². The zero-order chi connectivity index (χ0) is 20.6. The molecule has 2 fully saturated rings. The van der Waals surface area contributed by atoms with Crippen LogP contribution < -0.4 is 16.2 Å². The molecule has 1 amide bonds. The van der Waals surface area contributed by atoms with E-state index < -0.39 is 0 Å². The predicted molar refractivity (Wildman–Crippen MR) is 116 cm³/mol. The van der Waals surface area contributed by atoms with Crippen LogP contribution in [-0.4, -0.2) is 29.6 Å². The lowest BCUT2D eigenvalue weighted by atomic mass is 9.60. The van der Waals surface area contributed by atoms with Gasteiger partial charge in [-0.15, -0.1) is 0 Å². The number of hydrogen-bond donors (Lipinski definition) is 2. The molecule has 0 unspecified atom stereocenters. The third-order valence-electron chi connectivity index (χ3n) is 6.70. The van der Waals surface area contributed by atoms with Crippen LogP contribution in [0, 0.1) is 12.3 Å². The Balaban J connectivity index is 1.55. The largest absolute Gasteiger partial charge is 0.349 e. The van der Waals surface area contributed by atoms with Gasteiger partial charge in [0, 0.05) is 17.9 Å². The van der Waals surface area contributed by atoms with Crippen molar-refractivity contribution in [2.24, 2.45) is 5.41 Å². The fraction of sp³-hybridized carbons (Fsp3) is 0.500. The number of nitrogens with zero attached hydrogens (tertiary/aromatic N) is 1. The number of benzene rings is 1. The SMILES string of the molecule is Cc1ccn(-c2cccc(C(C)C)c2)c(=O)c1C(=O)NC1CC2(CCNCC2)C1. The first-order valence-electron chi connectivity index (χ1n) is 10.7. The molecule has 1 saturated carbocycles. The lowest BCUT2D eigenvalue weighted by Gasteiger charge is -2.50. The fourth-order valence-electron chi connectivity index (χ4n) is 4.85. The second-order valence-electron chi connectivity index (χ2n) is 9.13. The fourth-order valence-corrected chi connectivity index (χ4v) is 4.85. The summed E-state index contributed by atoms with van der Waals surface area (Å²) in [5.41, 5.74) is 3.09. The highest BCUT2D eigenvalue weighted by molar-refractivity contribution is 5.95. The van der Waals surface area contributed by atoms with E-state index in [4.69, 9.17) is 0 Å². The lowest BCUT2D eigenvalue weighted by molar-refractivity contribution is 0.0422. The summed E-state index contributed by atoms with van der Waals surface area (Å²) in [6.45, 7) is 8.23. The second-order valence-corrected chi connectivity index (χ2v) is 9.13. The van der Waals surface area contributed by atoms with Crippen LogP contribution in [0.5, 0.6) is 0 Å². The van der Waals surface area contributed by atoms with Crippen LogP contribution in [0.25, 0.3) is 5.69 Å². The highest BCUT2D eigenvalue weighted by Gasteiger charge is 2.45. The number of pyridine rings is 1. The Morgan fingerprint density at radius 1 is 1.21 bits per heavy atom. The summed E-state index contributed by atoms with van der Waals surface area (Å²) in [6, 6.07) is 10.00. The molecule has 0 atom stereocenters. The molecule has 2 aromatic rings. The Bertz CT molecular complexity index is 962. The van der Waals surface area contributed by atoms with Gasteiger partial charge in [0.15, 0.2) is 0 Å². The Morgan fingerprint density at radius 3 is 2.62 bits per heavy atom. The van der Waals surface area contributed by atoms with Crippen LogP contribution in [-0.2, 0) is 0 Å². The first kappa shape index (κ1) is 19.9. The van der Waals surface area contributed by atoms with Crippen molar-refractivity contribution in [1.29, 1.82) is 0 Å². The molecule has 5 nitrogen and oxygen atoms in total. The molecule has 4 rings (SSSR count). The van der Waals surface area contributed by atoms with Gasteiger partial charge < -0.3 is 10.6 Å². The number of amides is 1. The summed E-state index contributed by atoms with van der Waals surface area (Å²) >= 11 is 0. The Hall–Kier alpha value is -2.40. The monoisotopic (exact) mass is 393 g/mol. The first-order chi connectivity index (χ1) is 13.9. The van der Waals surface area contributed by atoms with E-state index in [0.29, 0.717) is 11.3 Å². The molecule has 0 bridgehead atoms. The molecule has 1 aliphatic carbocycles. The number of carbonyl (C=O) groups is 1. The van der Waals surface area contributed by atoms with Gasteiger partial charge in [-0.05, 0) is 86.4 Å². The average molecular weight is 394 g/mol. The van der Waals surface area contributed by atoms with Crippen molar-refractivity contribution < 1.29 is 4.79 Å².